The lowest BCUT2D eigenvalue weighted by Gasteiger charge is -2.02. The molecular formula is C12H15N3O. The van der Waals surface area contributed by atoms with E-state index < -0.39 is 0 Å². The van der Waals surface area contributed by atoms with Crippen molar-refractivity contribution in [3.8, 4) is 0 Å². The second kappa shape index (κ2) is 5.80. The van der Waals surface area contributed by atoms with E-state index in [9.17, 15) is 0 Å². The molecule has 0 aliphatic carbocycles. The first-order chi connectivity index (χ1) is 7.65. The van der Waals surface area contributed by atoms with E-state index in [1.165, 1.54) is 0 Å². The monoisotopic (exact) mass is 217 g/mol. The Kier molecular flexibility index (Phi) is 4.39. The lowest BCUT2D eigenvalue weighted by atomic mass is 10.1. The fourth-order valence-electron chi connectivity index (χ4n) is 1.13. The smallest absolute Gasteiger partial charge is 0.117 e. The number of hydrogen-bond donors (Lipinski definition) is 1. The van der Waals surface area contributed by atoms with Gasteiger partial charge in [0.15, 0.2) is 0 Å². The molecule has 4 nitrogen and oxygen atoms in total. The van der Waals surface area contributed by atoms with Crippen LogP contribution >= 0.6 is 0 Å². The summed E-state index contributed by atoms with van der Waals surface area (Å²) >= 11 is 0. The van der Waals surface area contributed by atoms with Crippen LogP contribution in [0.3, 0.4) is 0 Å². The normalized spacial score (nSPS) is 12.4. The maximum absolute atomic E-state index is 8.79. The van der Waals surface area contributed by atoms with Crippen LogP contribution < -0.4 is 0 Å². The van der Waals surface area contributed by atoms with E-state index in [1.54, 1.807) is 6.92 Å². The van der Waals surface area contributed by atoms with Gasteiger partial charge in [-0.2, -0.15) is 5.10 Å². The van der Waals surface area contributed by atoms with Crippen LogP contribution in [-0.2, 0) is 0 Å². The molecule has 0 bridgehead atoms. The van der Waals surface area contributed by atoms with Crippen LogP contribution in [0.1, 0.15) is 26.3 Å². The Morgan fingerprint density at radius 2 is 1.62 bits per heavy atom. The number of nitrogens with zero attached hydrogens (tertiary/aromatic N) is 3. The Morgan fingerprint density at radius 1 is 1.00 bits per heavy atom. The molecule has 0 aliphatic rings. The molecule has 0 unspecified atom stereocenters. The molecule has 0 fully saturated rings. The summed E-state index contributed by atoms with van der Waals surface area (Å²) in [7, 11) is 0. The van der Waals surface area contributed by atoms with Crippen molar-refractivity contribution in [2.75, 3.05) is 0 Å². The molecule has 0 saturated heterocycles. The predicted octanol–water partition coefficient (Wildman–Crippen LogP) is 2.72. The molecule has 0 spiro atoms. The van der Waals surface area contributed by atoms with Gasteiger partial charge in [-0.05, 0) is 20.8 Å². The summed E-state index contributed by atoms with van der Waals surface area (Å²) in [5.74, 6) is 0. The molecule has 1 rings (SSSR count). The third kappa shape index (κ3) is 3.31. The molecule has 0 aromatic heterocycles. The first-order valence-electron chi connectivity index (χ1n) is 4.98. The summed E-state index contributed by atoms with van der Waals surface area (Å²) < 4.78 is 0. The van der Waals surface area contributed by atoms with Gasteiger partial charge in [0.2, 0.25) is 0 Å². The van der Waals surface area contributed by atoms with Gasteiger partial charge in [-0.3, -0.25) is 0 Å². The summed E-state index contributed by atoms with van der Waals surface area (Å²) in [6.07, 6.45) is 0. The van der Waals surface area contributed by atoms with E-state index in [0.29, 0.717) is 11.4 Å². The lowest BCUT2D eigenvalue weighted by molar-refractivity contribution is 0.320. The van der Waals surface area contributed by atoms with E-state index >= 15 is 0 Å². The predicted molar refractivity (Wildman–Crippen MR) is 66.7 cm³/mol. The minimum atomic E-state index is 0.441. The molecule has 0 saturated carbocycles. The van der Waals surface area contributed by atoms with Crippen LogP contribution in [-0.4, -0.2) is 22.3 Å². The van der Waals surface area contributed by atoms with Gasteiger partial charge < -0.3 is 5.21 Å². The van der Waals surface area contributed by atoms with Gasteiger partial charge in [0.05, 0.1) is 0 Å². The van der Waals surface area contributed by atoms with Crippen LogP contribution in [0.5, 0.6) is 0 Å². The highest BCUT2D eigenvalue weighted by atomic mass is 16.4. The second-order valence-electron chi connectivity index (χ2n) is 3.55. The van der Waals surface area contributed by atoms with Gasteiger partial charge in [0.25, 0.3) is 0 Å². The van der Waals surface area contributed by atoms with Crippen LogP contribution in [0.4, 0.5) is 0 Å². The van der Waals surface area contributed by atoms with Crippen LogP contribution in [0.25, 0.3) is 0 Å². The van der Waals surface area contributed by atoms with Crippen molar-refractivity contribution < 1.29 is 5.21 Å². The molecule has 16 heavy (non-hydrogen) atoms. The fraction of sp³-hybridized carbons (Fsp3) is 0.250. The third-order valence-electron chi connectivity index (χ3n) is 1.89. The highest BCUT2D eigenvalue weighted by Crippen LogP contribution is 2.04. The zero-order chi connectivity index (χ0) is 12.0. The Labute approximate surface area is 95.0 Å². The van der Waals surface area contributed by atoms with E-state index in [1.807, 2.05) is 44.2 Å². The van der Waals surface area contributed by atoms with E-state index in [4.69, 9.17) is 5.21 Å². The van der Waals surface area contributed by atoms with E-state index in [2.05, 4.69) is 15.4 Å². The van der Waals surface area contributed by atoms with Gasteiger partial charge >= 0.3 is 0 Å². The maximum Gasteiger partial charge on any atom is 0.117 e. The van der Waals surface area contributed by atoms with Crippen molar-refractivity contribution in [3.63, 3.8) is 0 Å². The highest BCUT2D eigenvalue weighted by molar-refractivity contribution is 6.47. The van der Waals surface area contributed by atoms with Crippen molar-refractivity contribution in [2.45, 2.75) is 20.8 Å². The second-order valence-corrected chi connectivity index (χ2v) is 3.55. The SMILES string of the molecule is CC(C)=N/N=C(/C(C)=N/O)c1ccccc1. The van der Waals surface area contributed by atoms with Gasteiger partial charge in [-0.25, -0.2) is 0 Å². The minimum Gasteiger partial charge on any atom is -0.411 e. The summed E-state index contributed by atoms with van der Waals surface area (Å²) in [4.78, 5) is 0. The minimum absolute atomic E-state index is 0.441. The largest absolute Gasteiger partial charge is 0.411 e. The summed E-state index contributed by atoms with van der Waals surface area (Å²) in [6.45, 7) is 5.40. The molecule has 0 heterocycles. The average molecular weight is 217 g/mol. The topological polar surface area (TPSA) is 57.3 Å². The van der Waals surface area contributed by atoms with Crippen molar-refractivity contribution in [2.24, 2.45) is 15.4 Å². The molecule has 4 heteroatoms. The highest BCUT2D eigenvalue weighted by Gasteiger charge is 2.07. The Balaban J connectivity index is 3.17. The fourth-order valence-corrected chi connectivity index (χ4v) is 1.13. The zero-order valence-corrected chi connectivity index (χ0v) is 9.68. The van der Waals surface area contributed by atoms with Crippen molar-refractivity contribution in [1.29, 1.82) is 0 Å². The van der Waals surface area contributed by atoms with Crippen molar-refractivity contribution in [1.82, 2.24) is 0 Å². The molecule has 0 radical (unpaired) electrons. The van der Waals surface area contributed by atoms with Gasteiger partial charge in [0, 0.05) is 11.3 Å². The maximum atomic E-state index is 8.79. The summed E-state index contributed by atoms with van der Waals surface area (Å²) in [5, 5.41) is 20.0. The Morgan fingerprint density at radius 3 is 2.12 bits per heavy atom. The van der Waals surface area contributed by atoms with Gasteiger partial charge in [-0.1, -0.05) is 35.5 Å². The summed E-state index contributed by atoms with van der Waals surface area (Å²) in [6, 6.07) is 9.51. The molecular weight excluding hydrogens is 202 g/mol. The Hall–Kier alpha value is -1.97. The standard InChI is InChI=1S/C12H15N3O/c1-9(2)13-14-12(10(3)15-16)11-7-5-4-6-8-11/h4-8,16H,1-3H3/b14-12-,15-10+. The lowest BCUT2D eigenvalue weighted by Crippen LogP contribution is -2.11. The van der Waals surface area contributed by atoms with Crippen molar-refractivity contribution in [3.05, 3.63) is 35.9 Å². The first kappa shape index (κ1) is 12.1. The van der Waals surface area contributed by atoms with Crippen LogP contribution in [0.2, 0.25) is 0 Å². The summed E-state index contributed by atoms with van der Waals surface area (Å²) in [5.41, 5.74) is 2.74. The van der Waals surface area contributed by atoms with E-state index in [-0.39, 0.29) is 0 Å². The zero-order valence-electron chi connectivity index (χ0n) is 9.68. The average Bonchev–Trinajstić information content (AvgIpc) is 2.30. The molecule has 0 atom stereocenters. The number of oxime groups is 1. The quantitative estimate of drug-likeness (QED) is 0.472. The van der Waals surface area contributed by atoms with Crippen molar-refractivity contribution >= 4 is 17.1 Å². The van der Waals surface area contributed by atoms with Crippen LogP contribution in [0.15, 0.2) is 45.7 Å². The number of rotatable bonds is 3. The van der Waals surface area contributed by atoms with Gasteiger partial charge in [0.1, 0.15) is 11.4 Å². The third-order valence-corrected chi connectivity index (χ3v) is 1.89. The number of hydrogen-bond acceptors (Lipinski definition) is 4. The van der Waals surface area contributed by atoms with Gasteiger partial charge in [-0.15, -0.1) is 5.10 Å². The molecule has 1 aromatic carbocycles. The Bertz CT molecular complexity index is 429. The molecule has 84 valence electrons. The first-order valence-corrected chi connectivity index (χ1v) is 4.98. The molecule has 1 N–H and O–H groups in total. The van der Waals surface area contributed by atoms with E-state index in [0.717, 1.165) is 11.3 Å². The van der Waals surface area contributed by atoms with Crippen LogP contribution in [0, 0.1) is 0 Å². The number of benzene rings is 1. The molecule has 1 aromatic rings. The molecule has 0 aliphatic heterocycles. The molecule has 0 amide bonds.